The van der Waals surface area contributed by atoms with E-state index in [9.17, 15) is 18.0 Å². The number of carbonyl (C=O) groups is 1. The Kier molecular flexibility index (Phi) is 4.52. The van der Waals surface area contributed by atoms with Crippen LogP contribution in [-0.4, -0.2) is 11.1 Å². The molecule has 7 heteroatoms. The third-order valence-electron chi connectivity index (χ3n) is 2.62. The van der Waals surface area contributed by atoms with Crippen LogP contribution in [0.15, 0.2) is 34.8 Å². The lowest BCUT2D eigenvalue weighted by molar-refractivity contribution is 0.0691. The zero-order valence-electron chi connectivity index (χ0n) is 10.4. The molecule has 0 aliphatic carbocycles. The van der Waals surface area contributed by atoms with Crippen LogP contribution in [-0.2, 0) is 6.61 Å². The number of aromatic carboxylic acids is 1. The highest BCUT2D eigenvalue weighted by atomic mass is 79.9. The van der Waals surface area contributed by atoms with Crippen molar-refractivity contribution in [3.63, 3.8) is 0 Å². The van der Waals surface area contributed by atoms with E-state index in [0.29, 0.717) is 10.0 Å². The summed E-state index contributed by atoms with van der Waals surface area (Å²) < 4.78 is 45.3. The maximum Gasteiger partial charge on any atom is 0.338 e. The van der Waals surface area contributed by atoms with Crippen LogP contribution in [0.3, 0.4) is 0 Å². The van der Waals surface area contributed by atoms with Gasteiger partial charge in [0.15, 0.2) is 11.6 Å². The van der Waals surface area contributed by atoms with E-state index >= 15 is 0 Å². The largest absolute Gasteiger partial charge is 0.486 e. The van der Waals surface area contributed by atoms with E-state index in [1.807, 2.05) is 0 Å². The molecule has 0 spiro atoms. The monoisotopic (exact) mass is 360 g/mol. The topological polar surface area (TPSA) is 46.5 Å². The van der Waals surface area contributed by atoms with Crippen molar-refractivity contribution in [2.75, 3.05) is 0 Å². The van der Waals surface area contributed by atoms with Crippen molar-refractivity contribution in [3.05, 3.63) is 63.4 Å². The minimum absolute atomic E-state index is 0.229. The molecule has 0 radical (unpaired) electrons. The molecule has 0 bridgehead atoms. The summed E-state index contributed by atoms with van der Waals surface area (Å²) in [6.07, 6.45) is 0. The van der Waals surface area contributed by atoms with Gasteiger partial charge in [-0.2, -0.15) is 4.39 Å². The molecule has 2 aromatic rings. The first kappa shape index (κ1) is 15.4. The minimum atomic E-state index is -1.42. The van der Waals surface area contributed by atoms with Gasteiger partial charge in [0, 0.05) is 4.47 Å². The van der Waals surface area contributed by atoms with Crippen LogP contribution >= 0.6 is 15.9 Å². The van der Waals surface area contributed by atoms with Gasteiger partial charge in [0.1, 0.15) is 12.4 Å². The van der Waals surface area contributed by atoms with E-state index in [1.54, 1.807) is 0 Å². The number of hydrogen-bond donors (Lipinski definition) is 1. The highest BCUT2D eigenvalue weighted by Crippen LogP contribution is 2.26. The second-order valence-corrected chi connectivity index (χ2v) is 5.02. The van der Waals surface area contributed by atoms with Gasteiger partial charge in [-0.25, -0.2) is 13.6 Å². The molecule has 0 atom stereocenters. The fraction of sp³-hybridized carbons (Fsp3) is 0.0714. The molecule has 21 heavy (non-hydrogen) atoms. The van der Waals surface area contributed by atoms with Crippen LogP contribution in [0.25, 0.3) is 0 Å². The number of carboxylic acid groups (broad SMARTS) is 1. The summed E-state index contributed by atoms with van der Waals surface area (Å²) in [6.45, 7) is -0.229. The summed E-state index contributed by atoms with van der Waals surface area (Å²) in [6, 6.07) is 5.53. The van der Waals surface area contributed by atoms with Gasteiger partial charge in [0.25, 0.3) is 0 Å². The number of halogens is 4. The van der Waals surface area contributed by atoms with Crippen LogP contribution in [0.4, 0.5) is 13.2 Å². The van der Waals surface area contributed by atoms with Gasteiger partial charge in [-0.15, -0.1) is 0 Å². The van der Waals surface area contributed by atoms with Crippen LogP contribution in [0.1, 0.15) is 15.9 Å². The van der Waals surface area contributed by atoms with E-state index < -0.39 is 29.0 Å². The Morgan fingerprint density at radius 3 is 2.52 bits per heavy atom. The molecule has 110 valence electrons. The second-order valence-electron chi connectivity index (χ2n) is 4.11. The molecule has 0 fully saturated rings. The number of ether oxygens (including phenoxy) is 1. The molecule has 2 rings (SSSR count). The van der Waals surface area contributed by atoms with E-state index in [-0.39, 0.29) is 12.4 Å². The first-order valence-corrected chi connectivity index (χ1v) is 6.47. The lowest BCUT2D eigenvalue weighted by Crippen LogP contribution is -2.04. The van der Waals surface area contributed by atoms with E-state index in [0.717, 1.165) is 18.2 Å². The average Bonchev–Trinajstić information content (AvgIpc) is 2.42. The number of rotatable bonds is 4. The molecule has 0 aliphatic heterocycles. The highest BCUT2D eigenvalue weighted by molar-refractivity contribution is 9.10. The van der Waals surface area contributed by atoms with Crippen molar-refractivity contribution in [2.45, 2.75) is 6.61 Å². The highest BCUT2D eigenvalue weighted by Gasteiger charge is 2.13. The van der Waals surface area contributed by atoms with Gasteiger partial charge in [0.05, 0.1) is 5.56 Å². The van der Waals surface area contributed by atoms with Crippen molar-refractivity contribution in [3.8, 4) is 5.75 Å². The Morgan fingerprint density at radius 2 is 1.86 bits per heavy atom. The molecular formula is C14H8BrF3O3. The predicted octanol–water partition coefficient (Wildman–Crippen LogP) is 4.14. The number of carboxylic acids is 1. The summed E-state index contributed by atoms with van der Waals surface area (Å²) >= 11 is 3.00. The van der Waals surface area contributed by atoms with E-state index in [4.69, 9.17) is 9.84 Å². The van der Waals surface area contributed by atoms with Crippen molar-refractivity contribution >= 4 is 21.9 Å². The molecular weight excluding hydrogens is 353 g/mol. The van der Waals surface area contributed by atoms with Crippen molar-refractivity contribution < 1.29 is 27.8 Å². The third-order valence-corrected chi connectivity index (χ3v) is 3.07. The van der Waals surface area contributed by atoms with Crippen molar-refractivity contribution in [2.24, 2.45) is 0 Å². The third kappa shape index (κ3) is 3.55. The normalized spacial score (nSPS) is 10.5. The zero-order chi connectivity index (χ0) is 15.6. The average molecular weight is 361 g/mol. The Balaban J connectivity index is 2.21. The Morgan fingerprint density at radius 1 is 1.14 bits per heavy atom. The summed E-state index contributed by atoms with van der Waals surface area (Å²) in [5.41, 5.74) is -0.203. The van der Waals surface area contributed by atoms with Gasteiger partial charge in [-0.3, -0.25) is 0 Å². The Labute approximate surface area is 126 Å². The maximum absolute atomic E-state index is 13.5. The zero-order valence-corrected chi connectivity index (χ0v) is 12.0. The smallest absolute Gasteiger partial charge is 0.338 e. The van der Waals surface area contributed by atoms with Gasteiger partial charge < -0.3 is 9.84 Å². The van der Waals surface area contributed by atoms with Crippen LogP contribution in [0, 0.1) is 17.5 Å². The SMILES string of the molecule is O=C(O)c1cc(COc2cc(Br)cc(F)c2F)ccc1F. The van der Waals surface area contributed by atoms with E-state index in [2.05, 4.69) is 15.9 Å². The van der Waals surface area contributed by atoms with Crippen LogP contribution in [0.2, 0.25) is 0 Å². The molecule has 1 N–H and O–H groups in total. The fourth-order valence-corrected chi connectivity index (χ4v) is 2.03. The molecule has 2 aromatic carbocycles. The molecule has 3 nitrogen and oxygen atoms in total. The maximum atomic E-state index is 13.5. The first-order valence-electron chi connectivity index (χ1n) is 5.67. The van der Waals surface area contributed by atoms with Gasteiger partial charge in [0.2, 0.25) is 5.82 Å². The van der Waals surface area contributed by atoms with Crippen LogP contribution < -0.4 is 4.74 Å². The first-order chi connectivity index (χ1) is 9.88. The van der Waals surface area contributed by atoms with E-state index in [1.165, 1.54) is 12.1 Å². The molecule has 0 saturated carbocycles. The molecule has 0 unspecified atom stereocenters. The number of hydrogen-bond acceptors (Lipinski definition) is 2. The number of benzene rings is 2. The van der Waals surface area contributed by atoms with Crippen molar-refractivity contribution in [1.29, 1.82) is 0 Å². The molecule has 0 aliphatic rings. The van der Waals surface area contributed by atoms with Gasteiger partial charge >= 0.3 is 5.97 Å². The standard InChI is InChI=1S/C14H8BrF3O3/c15-8-4-11(17)13(18)12(5-8)21-6-7-1-2-10(16)9(3-7)14(19)20/h1-5H,6H2,(H,19,20). The molecule has 0 saturated heterocycles. The summed E-state index contributed by atoms with van der Waals surface area (Å²) in [5.74, 6) is -4.87. The minimum Gasteiger partial charge on any atom is -0.486 e. The lowest BCUT2D eigenvalue weighted by Gasteiger charge is -2.09. The molecule has 0 heterocycles. The quantitative estimate of drug-likeness (QED) is 0.833. The van der Waals surface area contributed by atoms with Gasteiger partial charge in [-0.05, 0) is 29.8 Å². The summed E-state index contributed by atoms with van der Waals surface area (Å²) in [4.78, 5) is 10.8. The molecule has 0 amide bonds. The van der Waals surface area contributed by atoms with Gasteiger partial charge in [-0.1, -0.05) is 22.0 Å². The fourth-order valence-electron chi connectivity index (χ4n) is 1.62. The van der Waals surface area contributed by atoms with Crippen LogP contribution in [0.5, 0.6) is 5.75 Å². The summed E-state index contributed by atoms with van der Waals surface area (Å²) in [7, 11) is 0. The van der Waals surface area contributed by atoms with Crippen molar-refractivity contribution in [1.82, 2.24) is 0 Å². The lowest BCUT2D eigenvalue weighted by atomic mass is 10.1. The Hall–Kier alpha value is -2.02. The molecule has 0 aromatic heterocycles. The Bertz CT molecular complexity index is 704. The second kappa shape index (κ2) is 6.17. The predicted molar refractivity (Wildman–Crippen MR) is 71.7 cm³/mol. The summed E-state index contributed by atoms with van der Waals surface area (Å²) in [5, 5.41) is 8.80.